The fraction of sp³-hybridized carbons (Fsp3) is 0.200. The molecule has 0 saturated carbocycles. The lowest BCUT2D eigenvalue weighted by Gasteiger charge is -2.14. The van der Waals surface area contributed by atoms with Gasteiger partial charge in [0.05, 0.1) is 11.7 Å². The number of aliphatic hydroxyl groups excluding tert-OH is 1. The Morgan fingerprint density at radius 1 is 0.952 bits per heavy atom. The minimum Gasteiger partial charge on any atom is -0.388 e. The smallest absolute Gasteiger partial charge is 0.388 e. The molecule has 0 aromatic heterocycles. The number of aliphatic hydroxyl groups is 1. The molecule has 21 heavy (non-hydrogen) atoms. The zero-order valence-electron chi connectivity index (χ0n) is 10.7. The molecule has 0 radical (unpaired) electrons. The lowest BCUT2D eigenvalue weighted by atomic mass is 9.99. The first-order valence-corrected chi connectivity index (χ1v) is 6.07. The van der Waals surface area contributed by atoms with Crippen molar-refractivity contribution in [1.29, 1.82) is 0 Å². The van der Waals surface area contributed by atoms with Crippen LogP contribution in [0, 0.1) is 11.6 Å². The van der Waals surface area contributed by atoms with Gasteiger partial charge in [-0.3, -0.25) is 0 Å². The number of alkyl halides is 3. The first-order valence-electron chi connectivity index (χ1n) is 6.07. The molecule has 2 aromatic carbocycles. The zero-order valence-corrected chi connectivity index (χ0v) is 10.7. The molecular formula is C15H11F5O. The van der Waals surface area contributed by atoms with Crippen molar-refractivity contribution in [3.8, 4) is 0 Å². The molecule has 0 aliphatic rings. The second-order valence-electron chi connectivity index (χ2n) is 4.54. The van der Waals surface area contributed by atoms with Gasteiger partial charge in [0.2, 0.25) is 0 Å². The lowest BCUT2D eigenvalue weighted by Crippen LogP contribution is -2.09. The van der Waals surface area contributed by atoms with E-state index in [0.29, 0.717) is 0 Å². The van der Waals surface area contributed by atoms with Gasteiger partial charge in [0.15, 0.2) is 0 Å². The maximum atomic E-state index is 13.5. The third kappa shape index (κ3) is 3.58. The van der Waals surface area contributed by atoms with Gasteiger partial charge in [-0.2, -0.15) is 13.2 Å². The van der Waals surface area contributed by atoms with Crippen LogP contribution in [0.15, 0.2) is 42.5 Å². The van der Waals surface area contributed by atoms with E-state index in [1.807, 2.05) is 0 Å². The Bertz CT molecular complexity index is 616. The summed E-state index contributed by atoms with van der Waals surface area (Å²) in [7, 11) is 0. The largest absolute Gasteiger partial charge is 0.416 e. The van der Waals surface area contributed by atoms with Gasteiger partial charge >= 0.3 is 6.18 Å². The molecule has 0 aliphatic heterocycles. The second kappa shape index (κ2) is 5.81. The molecule has 0 aliphatic carbocycles. The van der Waals surface area contributed by atoms with Crippen molar-refractivity contribution in [1.82, 2.24) is 0 Å². The maximum absolute atomic E-state index is 13.5. The third-order valence-electron chi connectivity index (χ3n) is 3.06. The highest BCUT2D eigenvalue weighted by atomic mass is 19.4. The number of rotatable bonds is 3. The van der Waals surface area contributed by atoms with Crippen molar-refractivity contribution in [2.24, 2.45) is 0 Å². The summed E-state index contributed by atoms with van der Waals surface area (Å²) in [6, 6.07) is 7.26. The van der Waals surface area contributed by atoms with Crippen LogP contribution in [0.1, 0.15) is 22.8 Å². The Hall–Kier alpha value is -1.95. The fourth-order valence-electron chi connectivity index (χ4n) is 1.96. The highest BCUT2D eigenvalue weighted by molar-refractivity contribution is 5.29. The van der Waals surface area contributed by atoms with Crippen molar-refractivity contribution in [3.05, 3.63) is 70.8 Å². The van der Waals surface area contributed by atoms with Crippen LogP contribution in [0.4, 0.5) is 22.0 Å². The van der Waals surface area contributed by atoms with Crippen LogP contribution in [-0.4, -0.2) is 5.11 Å². The molecule has 1 N–H and O–H groups in total. The van der Waals surface area contributed by atoms with E-state index < -0.39 is 35.9 Å². The second-order valence-corrected chi connectivity index (χ2v) is 4.54. The van der Waals surface area contributed by atoms with Crippen molar-refractivity contribution < 1.29 is 27.1 Å². The number of hydrogen-bond acceptors (Lipinski definition) is 1. The van der Waals surface area contributed by atoms with Crippen molar-refractivity contribution in [3.63, 3.8) is 0 Å². The first kappa shape index (κ1) is 15.4. The number of benzene rings is 2. The Balaban J connectivity index is 2.27. The van der Waals surface area contributed by atoms with Gasteiger partial charge in [0.25, 0.3) is 0 Å². The molecular weight excluding hydrogens is 291 g/mol. The summed E-state index contributed by atoms with van der Waals surface area (Å²) in [6.45, 7) is 0. The summed E-state index contributed by atoms with van der Waals surface area (Å²) in [5.74, 6) is -1.69. The summed E-state index contributed by atoms with van der Waals surface area (Å²) < 4.78 is 64.7. The predicted molar refractivity (Wildman–Crippen MR) is 66.5 cm³/mol. The SMILES string of the molecule is OC(Cc1c(F)cccc1F)c1cccc(C(F)(F)F)c1. The summed E-state index contributed by atoms with van der Waals surface area (Å²) in [5.41, 5.74) is -1.33. The minimum absolute atomic E-state index is 0.0486. The van der Waals surface area contributed by atoms with E-state index in [-0.39, 0.29) is 11.1 Å². The van der Waals surface area contributed by atoms with Gasteiger partial charge < -0.3 is 5.11 Å². The Labute approximate surface area is 117 Å². The summed E-state index contributed by atoms with van der Waals surface area (Å²) in [5, 5.41) is 9.91. The average Bonchev–Trinajstić information content (AvgIpc) is 2.42. The van der Waals surface area contributed by atoms with Crippen LogP contribution >= 0.6 is 0 Å². The molecule has 1 atom stereocenters. The maximum Gasteiger partial charge on any atom is 0.416 e. The monoisotopic (exact) mass is 302 g/mol. The van der Waals surface area contributed by atoms with E-state index in [4.69, 9.17) is 0 Å². The van der Waals surface area contributed by atoms with Crippen LogP contribution < -0.4 is 0 Å². The Kier molecular flexibility index (Phi) is 4.27. The summed E-state index contributed by atoms with van der Waals surface area (Å²) >= 11 is 0. The van der Waals surface area contributed by atoms with E-state index in [1.54, 1.807) is 0 Å². The third-order valence-corrected chi connectivity index (χ3v) is 3.06. The molecule has 0 amide bonds. The van der Waals surface area contributed by atoms with Crippen LogP contribution in [0.2, 0.25) is 0 Å². The fourth-order valence-corrected chi connectivity index (χ4v) is 1.96. The molecule has 1 unspecified atom stereocenters. The van der Waals surface area contributed by atoms with Crippen LogP contribution in [0.5, 0.6) is 0 Å². The van der Waals surface area contributed by atoms with E-state index in [9.17, 15) is 27.1 Å². The minimum atomic E-state index is -4.54. The predicted octanol–water partition coefficient (Wildman–Crippen LogP) is 4.26. The molecule has 2 rings (SSSR count). The summed E-state index contributed by atoms with van der Waals surface area (Å²) in [6.07, 6.45) is -6.42. The van der Waals surface area contributed by atoms with Crippen molar-refractivity contribution in [2.75, 3.05) is 0 Å². The average molecular weight is 302 g/mol. The summed E-state index contributed by atoms with van der Waals surface area (Å²) in [4.78, 5) is 0. The van der Waals surface area contributed by atoms with E-state index in [0.717, 1.165) is 30.3 Å². The first-order chi connectivity index (χ1) is 9.79. The van der Waals surface area contributed by atoms with Crippen LogP contribution in [0.25, 0.3) is 0 Å². The lowest BCUT2D eigenvalue weighted by molar-refractivity contribution is -0.137. The number of hydrogen-bond donors (Lipinski definition) is 1. The molecule has 0 spiro atoms. The quantitative estimate of drug-likeness (QED) is 0.840. The highest BCUT2D eigenvalue weighted by Gasteiger charge is 2.31. The van der Waals surface area contributed by atoms with E-state index in [1.165, 1.54) is 12.1 Å². The van der Waals surface area contributed by atoms with Gasteiger partial charge in [0, 0.05) is 12.0 Å². The zero-order chi connectivity index (χ0) is 15.6. The molecule has 0 bridgehead atoms. The normalized spacial score (nSPS) is 13.2. The molecule has 112 valence electrons. The van der Waals surface area contributed by atoms with Crippen LogP contribution in [-0.2, 0) is 12.6 Å². The Morgan fingerprint density at radius 3 is 2.10 bits per heavy atom. The van der Waals surface area contributed by atoms with Gasteiger partial charge in [0.1, 0.15) is 11.6 Å². The molecule has 0 saturated heterocycles. The molecule has 0 heterocycles. The van der Waals surface area contributed by atoms with Gasteiger partial charge in [-0.05, 0) is 29.8 Å². The highest BCUT2D eigenvalue weighted by Crippen LogP contribution is 2.31. The standard InChI is InChI=1S/C15H11F5O/c16-12-5-2-6-13(17)11(12)8-14(21)9-3-1-4-10(7-9)15(18,19)20/h1-7,14,21H,8H2. The van der Waals surface area contributed by atoms with Crippen molar-refractivity contribution >= 4 is 0 Å². The molecule has 1 nitrogen and oxygen atoms in total. The van der Waals surface area contributed by atoms with Crippen LogP contribution in [0.3, 0.4) is 0 Å². The number of halogens is 5. The molecule has 0 fully saturated rings. The van der Waals surface area contributed by atoms with Crippen molar-refractivity contribution in [2.45, 2.75) is 18.7 Å². The van der Waals surface area contributed by atoms with Gasteiger partial charge in [-0.15, -0.1) is 0 Å². The van der Waals surface area contributed by atoms with Gasteiger partial charge in [-0.1, -0.05) is 18.2 Å². The van der Waals surface area contributed by atoms with Gasteiger partial charge in [-0.25, -0.2) is 8.78 Å². The van der Waals surface area contributed by atoms with E-state index >= 15 is 0 Å². The Morgan fingerprint density at radius 2 is 1.52 bits per heavy atom. The van der Waals surface area contributed by atoms with E-state index in [2.05, 4.69) is 0 Å². The molecule has 2 aromatic rings. The molecule has 6 heteroatoms. The topological polar surface area (TPSA) is 20.2 Å².